The third-order valence-corrected chi connectivity index (χ3v) is 3.76. The molecule has 2 N–H and O–H groups in total. The van der Waals surface area contributed by atoms with Gasteiger partial charge in [0.1, 0.15) is 5.82 Å². The van der Waals surface area contributed by atoms with Crippen LogP contribution in [0.2, 0.25) is 0 Å². The van der Waals surface area contributed by atoms with E-state index < -0.39 is 0 Å². The van der Waals surface area contributed by atoms with Crippen LogP contribution >= 0.6 is 11.8 Å². The van der Waals surface area contributed by atoms with Crippen LogP contribution in [0.25, 0.3) is 0 Å². The molecule has 18 heavy (non-hydrogen) atoms. The molecular weight excluding hydrogens is 245 g/mol. The molecule has 1 atom stereocenters. The van der Waals surface area contributed by atoms with Gasteiger partial charge in [-0.3, -0.25) is 0 Å². The van der Waals surface area contributed by atoms with Crippen LogP contribution in [0.3, 0.4) is 0 Å². The number of hydrogen-bond acceptors (Lipinski definition) is 2. The van der Waals surface area contributed by atoms with E-state index in [2.05, 4.69) is 12.1 Å². The van der Waals surface area contributed by atoms with Gasteiger partial charge in [0, 0.05) is 4.90 Å². The fraction of sp³-hybridized carbons (Fsp3) is 0.200. The first-order valence-corrected chi connectivity index (χ1v) is 7.00. The molecule has 1 nitrogen and oxygen atoms in total. The van der Waals surface area contributed by atoms with Gasteiger partial charge in [-0.05, 0) is 48.1 Å². The van der Waals surface area contributed by atoms with Crippen molar-refractivity contribution in [3.05, 3.63) is 65.0 Å². The van der Waals surface area contributed by atoms with Crippen molar-refractivity contribution < 1.29 is 4.39 Å². The Labute approximate surface area is 111 Å². The van der Waals surface area contributed by atoms with Crippen LogP contribution in [-0.4, -0.2) is 6.26 Å². The van der Waals surface area contributed by atoms with E-state index in [9.17, 15) is 4.39 Å². The molecule has 0 bridgehead atoms. The highest BCUT2D eigenvalue weighted by atomic mass is 32.2. The summed E-state index contributed by atoms with van der Waals surface area (Å²) in [4.78, 5) is 1.21. The number of aryl methyl sites for hydroxylation is 1. The van der Waals surface area contributed by atoms with Crippen LogP contribution in [0.1, 0.15) is 22.7 Å². The van der Waals surface area contributed by atoms with E-state index in [-0.39, 0.29) is 11.9 Å². The summed E-state index contributed by atoms with van der Waals surface area (Å²) in [6, 6.07) is 13.0. The van der Waals surface area contributed by atoms with E-state index in [1.165, 1.54) is 11.0 Å². The maximum atomic E-state index is 13.2. The van der Waals surface area contributed by atoms with Crippen molar-refractivity contribution >= 4 is 11.8 Å². The average molecular weight is 261 g/mol. The van der Waals surface area contributed by atoms with Gasteiger partial charge in [-0.1, -0.05) is 24.3 Å². The lowest BCUT2D eigenvalue weighted by atomic mass is 9.98. The molecule has 2 rings (SSSR count). The maximum Gasteiger partial charge on any atom is 0.126 e. The lowest BCUT2D eigenvalue weighted by molar-refractivity contribution is 0.617. The zero-order chi connectivity index (χ0) is 13.1. The van der Waals surface area contributed by atoms with E-state index in [0.29, 0.717) is 5.56 Å². The Morgan fingerprint density at radius 3 is 2.22 bits per heavy atom. The van der Waals surface area contributed by atoms with Crippen LogP contribution in [-0.2, 0) is 0 Å². The Morgan fingerprint density at radius 2 is 1.67 bits per heavy atom. The summed E-state index contributed by atoms with van der Waals surface area (Å²) in [5, 5.41) is 0. The molecule has 0 amide bonds. The quantitative estimate of drug-likeness (QED) is 0.848. The molecule has 0 saturated carbocycles. The molecule has 0 spiro atoms. The molecule has 0 aliphatic carbocycles. The van der Waals surface area contributed by atoms with E-state index in [0.717, 1.165) is 11.1 Å². The fourth-order valence-corrected chi connectivity index (χ4v) is 2.27. The summed E-state index contributed by atoms with van der Waals surface area (Å²) in [5.41, 5.74) is 8.80. The second kappa shape index (κ2) is 5.55. The van der Waals surface area contributed by atoms with Crippen molar-refractivity contribution in [3.8, 4) is 0 Å². The second-order valence-electron chi connectivity index (χ2n) is 4.26. The molecule has 94 valence electrons. The van der Waals surface area contributed by atoms with Gasteiger partial charge in [-0.15, -0.1) is 11.8 Å². The number of hydrogen-bond donors (Lipinski definition) is 1. The minimum absolute atomic E-state index is 0.191. The summed E-state index contributed by atoms with van der Waals surface area (Å²) in [7, 11) is 0. The van der Waals surface area contributed by atoms with Crippen LogP contribution in [0.15, 0.2) is 47.4 Å². The van der Waals surface area contributed by atoms with Crippen LogP contribution in [0.5, 0.6) is 0 Å². The number of rotatable bonds is 3. The molecule has 2 aromatic rings. The standard InChI is InChI=1S/C15H16FNS/c1-10-9-12(5-8-14(10)16)15(17)11-3-6-13(18-2)7-4-11/h3-9,15H,17H2,1-2H3. The highest BCUT2D eigenvalue weighted by Crippen LogP contribution is 2.23. The molecule has 1 unspecified atom stereocenters. The normalized spacial score (nSPS) is 12.4. The molecule has 0 aromatic heterocycles. The molecule has 0 aliphatic heterocycles. The second-order valence-corrected chi connectivity index (χ2v) is 5.14. The average Bonchev–Trinajstić information content (AvgIpc) is 2.41. The third kappa shape index (κ3) is 2.74. The van der Waals surface area contributed by atoms with Gasteiger partial charge in [0.25, 0.3) is 0 Å². The third-order valence-electron chi connectivity index (χ3n) is 3.02. The van der Waals surface area contributed by atoms with Crippen molar-refractivity contribution in [1.82, 2.24) is 0 Å². The molecule has 3 heteroatoms. The number of halogens is 1. The van der Waals surface area contributed by atoms with E-state index in [1.54, 1.807) is 24.8 Å². The lowest BCUT2D eigenvalue weighted by Crippen LogP contribution is -2.12. The van der Waals surface area contributed by atoms with Gasteiger partial charge in [-0.2, -0.15) is 0 Å². The van der Waals surface area contributed by atoms with E-state index in [1.807, 2.05) is 24.5 Å². The van der Waals surface area contributed by atoms with Gasteiger partial charge in [0.2, 0.25) is 0 Å². The van der Waals surface area contributed by atoms with Gasteiger partial charge in [-0.25, -0.2) is 4.39 Å². The van der Waals surface area contributed by atoms with Crippen molar-refractivity contribution in [2.75, 3.05) is 6.26 Å². The number of thioether (sulfide) groups is 1. The van der Waals surface area contributed by atoms with E-state index >= 15 is 0 Å². The van der Waals surface area contributed by atoms with Gasteiger partial charge in [0.05, 0.1) is 6.04 Å². The fourth-order valence-electron chi connectivity index (χ4n) is 1.87. The largest absolute Gasteiger partial charge is 0.320 e. The predicted molar refractivity (Wildman–Crippen MR) is 75.4 cm³/mol. The number of benzene rings is 2. The van der Waals surface area contributed by atoms with Crippen LogP contribution in [0, 0.1) is 12.7 Å². The Hall–Kier alpha value is -1.32. The zero-order valence-electron chi connectivity index (χ0n) is 10.5. The summed E-state index contributed by atoms with van der Waals surface area (Å²) in [6.45, 7) is 1.75. The summed E-state index contributed by atoms with van der Waals surface area (Å²) < 4.78 is 13.2. The molecule has 0 aliphatic rings. The van der Waals surface area contributed by atoms with Crippen LogP contribution in [0.4, 0.5) is 4.39 Å². The Balaban J connectivity index is 2.28. The Bertz CT molecular complexity index is 537. The minimum Gasteiger partial charge on any atom is -0.320 e. The molecule has 2 aromatic carbocycles. The van der Waals surface area contributed by atoms with Crippen molar-refractivity contribution in [1.29, 1.82) is 0 Å². The lowest BCUT2D eigenvalue weighted by Gasteiger charge is -2.14. The number of nitrogens with two attached hydrogens (primary N) is 1. The summed E-state index contributed by atoms with van der Waals surface area (Å²) in [5.74, 6) is -0.191. The SMILES string of the molecule is CSc1ccc(C(N)c2ccc(F)c(C)c2)cc1. The highest BCUT2D eigenvalue weighted by Gasteiger charge is 2.10. The first-order chi connectivity index (χ1) is 8.61. The molecule has 0 saturated heterocycles. The predicted octanol–water partition coefficient (Wildman–Crippen LogP) is 3.90. The van der Waals surface area contributed by atoms with Gasteiger partial charge < -0.3 is 5.73 Å². The van der Waals surface area contributed by atoms with E-state index in [4.69, 9.17) is 5.73 Å². The first-order valence-electron chi connectivity index (χ1n) is 5.77. The Kier molecular flexibility index (Phi) is 4.04. The summed E-state index contributed by atoms with van der Waals surface area (Å²) >= 11 is 1.70. The molecule has 0 radical (unpaired) electrons. The van der Waals surface area contributed by atoms with Crippen molar-refractivity contribution in [2.45, 2.75) is 17.9 Å². The maximum absolute atomic E-state index is 13.2. The molecule has 0 heterocycles. The van der Waals surface area contributed by atoms with Gasteiger partial charge >= 0.3 is 0 Å². The highest BCUT2D eigenvalue weighted by molar-refractivity contribution is 7.98. The zero-order valence-corrected chi connectivity index (χ0v) is 11.3. The topological polar surface area (TPSA) is 26.0 Å². The minimum atomic E-state index is -0.208. The molecule has 0 fully saturated rings. The smallest absolute Gasteiger partial charge is 0.126 e. The van der Waals surface area contributed by atoms with Crippen molar-refractivity contribution in [2.24, 2.45) is 5.73 Å². The first kappa shape index (κ1) is 13.1. The Morgan fingerprint density at radius 1 is 1.06 bits per heavy atom. The van der Waals surface area contributed by atoms with Crippen molar-refractivity contribution in [3.63, 3.8) is 0 Å². The monoisotopic (exact) mass is 261 g/mol. The summed E-state index contributed by atoms with van der Waals surface area (Å²) in [6.07, 6.45) is 2.04. The van der Waals surface area contributed by atoms with Crippen LogP contribution < -0.4 is 5.73 Å². The molecular formula is C15H16FNS. The van der Waals surface area contributed by atoms with Gasteiger partial charge in [0.15, 0.2) is 0 Å².